The van der Waals surface area contributed by atoms with Gasteiger partial charge in [0.25, 0.3) is 0 Å². The Labute approximate surface area is 164 Å². The molecule has 0 aliphatic heterocycles. The average molecular weight is 374 g/mol. The number of aryl methyl sites for hydroxylation is 1. The highest BCUT2D eigenvalue weighted by Crippen LogP contribution is 2.29. The maximum Gasteiger partial charge on any atom is 0.200 e. The molecule has 0 atom stereocenters. The summed E-state index contributed by atoms with van der Waals surface area (Å²) in [5.74, 6) is 1.47. The van der Waals surface area contributed by atoms with Crippen molar-refractivity contribution in [3.8, 4) is 17.1 Å². The van der Waals surface area contributed by atoms with E-state index in [0.717, 1.165) is 23.5 Å². The highest BCUT2D eigenvalue weighted by Gasteiger charge is 2.15. The zero-order valence-corrected chi connectivity index (χ0v) is 16.7. The Balaban J connectivity index is 1.97. The summed E-state index contributed by atoms with van der Waals surface area (Å²) in [6.07, 6.45) is 1.06. The van der Waals surface area contributed by atoms with Gasteiger partial charge in [0.1, 0.15) is 0 Å². The van der Waals surface area contributed by atoms with Crippen LogP contribution in [0.2, 0.25) is 0 Å². The van der Waals surface area contributed by atoms with Gasteiger partial charge in [-0.15, -0.1) is 0 Å². The SMILES string of the molecule is Cc1ccccc1-c1n[nH]c(=S)n1-c1cccc2ccc(CC(C)C)cc12. The summed E-state index contributed by atoms with van der Waals surface area (Å²) in [7, 11) is 0. The fraction of sp³-hybridized carbons (Fsp3) is 0.217. The molecule has 3 nitrogen and oxygen atoms in total. The van der Waals surface area contributed by atoms with E-state index in [4.69, 9.17) is 12.2 Å². The van der Waals surface area contributed by atoms with Crippen molar-refractivity contribution in [2.45, 2.75) is 27.2 Å². The molecule has 1 N–H and O–H groups in total. The molecule has 0 amide bonds. The Bertz CT molecular complexity index is 1170. The maximum absolute atomic E-state index is 5.61. The minimum absolute atomic E-state index is 0.606. The van der Waals surface area contributed by atoms with Gasteiger partial charge < -0.3 is 0 Å². The topological polar surface area (TPSA) is 33.6 Å². The first-order valence-corrected chi connectivity index (χ1v) is 9.71. The van der Waals surface area contributed by atoms with Gasteiger partial charge >= 0.3 is 0 Å². The Morgan fingerprint density at radius 1 is 1.04 bits per heavy atom. The third-order valence-electron chi connectivity index (χ3n) is 4.87. The maximum atomic E-state index is 5.61. The number of fused-ring (bicyclic) bond motifs is 1. The molecule has 0 spiro atoms. The zero-order chi connectivity index (χ0) is 19.0. The number of rotatable bonds is 4. The Morgan fingerprint density at radius 2 is 1.85 bits per heavy atom. The van der Waals surface area contributed by atoms with Crippen molar-refractivity contribution in [1.29, 1.82) is 0 Å². The minimum atomic E-state index is 0.606. The van der Waals surface area contributed by atoms with Crippen LogP contribution in [-0.4, -0.2) is 14.8 Å². The van der Waals surface area contributed by atoms with Crippen LogP contribution in [0.5, 0.6) is 0 Å². The van der Waals surface area contributed by atoms with Crippen molar-refractivity contribution in [3.05, 3.63) is 76.6 Å². The predicted octanol–water partition coefficient (Wildman–Crippen LogP) is 6.26. The highest BCUT2D eigenvalue weighted by molar-refractivity contribution is 7.71. The molecule has 1 aromatic heterocycles. The number of hydrogen-bond donors (Lipinski definition) is 1. The summed E-state index contributed by atoms with van der Waals surface area (Å²) in [5, 5.41) is 9.94. The molecular formula is C23H23N3S. The molecule has 0 fully saturated rings. The van der Waals surface area contributed by atoms with Crippen LogP contribution in [0.1, 0.15) is 25.0 Å². The molecule has 0 saturated carbocycles. The first-order valence-electron chi connectivity index (χ1n) is 9.30. The van der Waals surface area contributed by atoms with E-state index in [2.05, 4.69) is 84.1 Å². The molecule has 0 unspecified atom stereocenters. The van der Waals surface area contributed by atoms with Crippen LogP contribution in [0.3, 0.4) is 0 Å². The van der Waals surface area contributed by atoms with Gasteiger partial charge in [0.05, 0.1) is 5.69 Å². The minimum Gasteiger partial charge on any atom is -0.268 e. The van der Waals surface area contributed by atoms with Crippen LogP contribution in [0.15, 0.2) is 60.7 Å². The van der Waals surface area contributed by atoms with Crippen molar-refractivity contribution >= 4 is 23.0 Å². The smallest absolute Gasteiger partial charge is 0.200 e. The van der Waals surface area contributed by atoms with E-state index in [1.165, 1.54) is 21.9 Å². The van der Waals surface area contributed by atoms with Crippen LogP contribution in [0, 0.1) is 17.6 Å². The molecule has 0 bridgehead atoms. The molecule has 0 aliphatic carbocycles. The number of aromatic amines is 1. The first-order chi connectivity index (χ1) is 13.0. The second kappa shape index (κ2) is 7.12. The lowest BCUT2D eigenvalue weighted by Crippen LogP contribution is -2.01. The van der Waals surface area contributed by atoms with Crippen molar-refractivity contribution < 1.29 is 0 Å². The van der Waals surface area contributed by atoms with Crippen molar-refractivity contribution in [2.24, 2.45) is 5.92 Å². The van der Waals surface area contributed by atoms with Crippen molar-refractivity contribution in [1.82, 2.24) is 14.8 Å². The standard InChI is InChI=1S/C23H23N3S/c1-15(2)13-17-11-12-18-8-6-10-21(20(18)14-17)26-22(24-25-23(26)27)19-9-5-4-7-16(19)3/h4-12,14-15H,13H2,1-3H3,(H,25,27). The van der Waals surface area contributed by atoms with Crippen LogP contribution >= 0.6 is 12.2 Å². The molecule has 4 heteroatoms. The molecule has 0 aliphatic rings. The first kappa shape index (κ1) is 17.7. The van der Waals surface area contributed by atoms with Crippen LogP contribution in [-0.2, 0) is 6.42 Å². The third kappa shape index (κ3) is 3.33. The van der Waals surface area contributed by atoms with E-state index < -0.39 is 0 Å². The molecule has 4 aromatic rings. The van der Waals surface area contributed by atoms with E-state index in [-0.39, 0.29) is 0 Å². The van der Waals surface area contributed by atoms with Gasteiger partial charge in [-0.2, -0.15) is 5.10 Å². The number of H-pyrrole nitrogens is 1. The van der Waals surface area contributed by atoms with Crippen LogP contribution in [0.25, 0.3) is 27.8 Å². The Hall–Kier alpha value is -2.72. The number of benzene rings is 3. The van der Waals surface area contributed by atoms with Crippen molar-refractivity contribution in [2.75, 3.05) is 0 Å². The quantitative estimate of drug-likeness (QED) is 0.429. The molecule has 27 heavy (non-hydrogen) atoms. The monoisotopic (exact) mass is 373 g/mol. The number of nitrogens with zero attached hydrogens (tertiary/aromatic N) is 2. The zero-order valence-electron chi connectivity index (χ0n) is 15.9. The lowest BCUT2D eigenvalue weighted by Gasteiger charge is -2.13. The van der Waals surface area contributed by atoms with E-state index in [1.54, 1.807) is 0 Å². The van der Waals surface area contributed by atoms with Gasteiger partial charge in [0.15, 0.2) is 10.6 Å². The molecule has 1 heterocycles. The van der Waals surface area contributed by atoms with Gasteiger partial charge in [-0.3, -0.25) is 9.67 Å². The largest absolute Gasteiger partial charge is 0.268 e. The Kier molecular flexibility index (Phi) is 4.66. The van der Waals surface area contributed by atoms with Gasteiger partial charge in [0, 0.05) is 10.9 Å². The van der Waals surface area contributed by atoms with Gasteiger partial charge in [0.2, 0.25) is 0 Å². The summed E-state index contributed by atoms with van der Waals surface area (Å²) in [4.78, 5) is 0. The fourth-order valence-electron chi connectivity index (χ4n) is 3.62. The molecular weight excluding hydrogens is 350 g/mol. The lowest BCUT2D eigenvalue weighted by atomic mass is 9.99. The number of hydrogen-bond acceptors (Lipinski definition) is 2. The summed E-state index contributed by atoms with van der Waals surface area (Å²) >= 11 is 5.61. The van der Waals surface area contributed by atoms with Crippen molar-refractivity contribution in [3.63, 3.8) is 0 Å². The molecule has 136 valence electrons. The number of aromatic nitrogens is 3. The predicted molar refractivity (Wildman–Crippen MR) is 115 cm³/mol. The molecule has 4 rings (SSSR count). The molecule has 3 aromatic carbocycles. The summed E-state index contributed by atoms with van der Waals surface area (Å²) in [5.41, 5.74) is 4.67. The summed E-state index contributed by atoms with van der Waals surface area (Å²) in [6, 6.07) is 21.3. The lowest BCUT2D eigenvalue weighted by molar-refractivity contribution is 0.648. The second-order valence-corrected chi connectivity index (χ2v) is 7.82. The van der Waals surface area contributed by atoms with E-state index in [9.17, 15) is 0 Å². The highest BCUT2D eigenvalue weighted by atomic mass is 32.1. The van der Waals surface area contributed by atoms with Gasteiger partial charge in [-0.1, -0.05) is 62.4 Å². The van der Waals surface area contributed by atoms with Gasteiger partial charge in [-0.25, -0.2) is 0 Å². The number of nitrogens with one attached hydrogen (secondary N) is 1. The van der Waals surface area contributed by atoms with E-state index in [1.807, 2.05) is 12.1 Å². The molecule has 0 radical (unpaired) electrons. The van der Waals surface area contributed by atoms with Crippen LogP contribution in [0.4, 0.5) is 0 Å². The third-order valence-corrected chi connectivity index (χ3v) is 5.14. The Morgan fingerprint density at radius 3 is 2.63 bits per heavy atom. The molecule has 0 saturated heterocycles. The van der Waals surface area contributed by atoms with E-state index >= 15 is 0 Å². The second-order valence-electron chi connectivity index (χ2n) is 7.43. The summed E-state index contributed by atoms with van der Waals surface area (Å²) < 4.78 is 2.66. The summed E-state index contributed by atoms with van der Waals surface area (Å²) in [6.45, 7) is 6.60. The van der Waals surface area contributed by atoms with E-state index in [0.29, 0.717) is 10.7 Å². The average Bonchev–Trinajstić information content (AvgIpc) is 3.02. The van der Waals surface area contributed by atoms with Crippen LogP contribution < -0.4 is 0 Å². The fourth-order valence-corrected chi connectivity index (χ4v) is 3.85. The normalized spacial score (nSPS) is 11.4. The van der Waals surface area contributed by atoms with Gasteiger partial charge in [-0.05, 0) is 60.1 Å².